The summed E-state index contributed by atoms with van der Waals surface area (Å²) < 4.78 is 0. The quantitative estimate of drug-likeness (QED) is 0.678. The average molecular weight is 309 g/mol. The molecule has 110 valence electrons. The number of hydrogen-bond acceptors (Lipinski definition) is 3. The molecule has 0 atom stereocenters. The lowest BCUT2D eigenvalue weighted by molar-refractivity contribution is 0.0697. The van der Waals surface area contributed by atoms with Gasteiger partial charge in [0.15, 0.2) is 0 Å². The molecule has 4 N–H and O–H groups in total. The summed E-state index contributed by atoms with van der Waals surface area (Å²) in [6.45, 7) is 0.439. The second kappa shape index (κ2) is 6.76. The molecule has 8 heteroatoms. The molecule has 2 aromatic rings. The van der Waals surface area contributed by atoms with Crippen molar-refractivity contribution >= 4 is 29.3 Å². The summed E-state index contributed by atoms with van der Waals surface area (Å²) >= 11 is 5.82. The van der Waals surface area contributed by atoms with Gasteiger partial charge in [0.05, 0.1) is 16.9 Å². The number of hydrogen-bond donors (Lipinski definition) is 4. The zero-order valence-electron chi connectivity index (χ0n) is 10.9. The Morgan fingerprint density at radius 2 is 2.19 bits per heavy atom. The third-order valence-electron chi connectivity index (χ3n) is 2.69. The first-order valence-corrected chi connectivity index (χ1v) is 6.49. The molecule has 0 bridgehead atoms. The van der Waals surface area contributed by atoms with Crippen molar-refractivity contribution in [2.24, 2.45) is 0 Å². The molecule has 0 aliphatic carbocycles. The zero-order chi connectivity index (χ0) is 15.2. The lowest BCUT2D eigenvalue weighted by atomic mass is 10.2. The van der Waals surface area contributed by atoms with Crippen molar-refractivity contribution in [3.05, 3.63) is 47.0 Å². The van der Waals surface area contributed by atoms with E-state index in [1.807, 2.05) is 0 Å². The number of urea groups is 1. The van der Waals surface area contributed by atoms with Crippen LogP contribution in [0.25, 0.3) is 0 Å². The summed E-state index contributed by atoms with van der Waals surface area (Å²) in [5, 5.41) is 14.2. The fourth-order valence-electron chi connectivity index (χ4n) is 1.67. The highest BCUT2D eigenvalue weighted by molar-refractivity contribution is 6.33. The standard InChI is InChI=1S/C13H13ClN4O3/c14-11-5-8(1-2-10(11)12(19)20)18-13(21)16-4-3-9-6-15-7-17-9/h1-2,5-7H,3-4H2,(H,15,17)(H,19,20)(H2,16,18,21). The van der Waals surface area contributed by atoms with E-state index in [0.717, 1.165) is 5.69 Å². The van der Waals surface area contributed by atoms with E-state index in [0.29, 0.717) is 18.7 Å². The molecule has 1 heterocycles. The van der Waals surface area contributed by atoms with Crippen molar-refractivity contribution in [1.29, 1.82) is 0 Å². The highest BCUT2D eigenvalue weighted by Crippen LogP contribution is 2.20. The van der Waals surface area contributed by atoms with Gasteiger partial charge >= 0.3 is 12.0 Å². The molecule has 0 unspecified atom stereocenters. The molecule has 2 rings (SSSR count). The SMILES string of the molecule is O=C(NCCc1cnc[nH]1)Nc1ccc(C(=O)O)c(Cl)c1. The van der Waals surface area contributed by atoms with Crippen LogP contribution in [0.2, 0.25) is 5.02 Å². The number of nitrogens with one attached hydrogen (secondary N) is 3. The van der Waals surface area contributed by atoms with Gasteiger partial charge in [-0.2, -0.15) is 0 Å². The number of aromatic nitrogens is 2. The molecule has 0 aliphatic rings. The van der Waals surface area contributed by atoms with E-state index in [4.69, 9.17) is 16.7 Å². The minimum absolute atomic E-state index is 0.0122. The Balaban J connectivity index is 1.85. The van der Waals surface area contributed by atoms with Crippen LogP contribution in [0.1, 0.15) is 16.1 Å². The summed E-state index contributed by atoms with van der Waals surface area (Å²) in [6, 6.07) is 3.81. The predicted octanol–water partition coefficient (Wildman–Crippen LogP) is 2.13. The van der Waals surface area contributed by atoms with Crippen LogP contribution in [0.4, 0.5) is 10.5 Å². The van der Waals surface area contributed by atoms with E-state index in [2.05, 4.69) is 20.6 Å². The topological polar surface area (TPSA) is 107 Å². The number of aromatic carboxylic acids is 1. The van der Waals surface area contributed by atoms with E-state index < -0.39 is 12.0 Å². The molecule has 0 radical (unpaired) electrons. The van der Waals surface area contributed by atoms with Crippen LogP contribution < -0.4 is 10.6 Å². The van der Waals surface area contributed by atoms with Crippen LogP contribution >= 0.6 is 11.6 Å². The van der Waals surface area contributed by atoms with Crippen molar-refractivity contribution in [3.8, 4) is 0 Å². The van der Waals surface area contributed by atoms with Crippen LogP contribution in [0.15, 0.2) is 30.7 Å². The molecular formula is C13H13ClN4O3. The highest BCUT2D eigenvalue weighted by Gasteiger charge is 2.10. The van der Waals surface area contributed by atoms with Gasteiger partial charge < -0.3 is 20.7 Å². The Morgan fingerprint density at radius 1 is 1.38 bits per heavy atom. The summed E-state index contributed by atoms with van der Waals surface area (Å²) in [5.41, 5.74) is 1.33. The third kappa shape index (κ3) is 4.22. The molecule has 21 heavy (non-hydrogen) atoms. The lowest BCUT2D eigenvalue weighted by Gasteiger charge is -2.08. The van der Waals surface area contributed by atoms with Crippen molar-refractivity contribution in [2.45, 2.75) is 6.42 Å². The Kier molecular flexibility index (Phi) is 4.78. The van der Waals surface area contributed by atoms with Crippen LogP contribution in [0.5, 0.6) is 0 Å². The summed E-state index contributed by atoms with van der Waals surface area (Å²) in [5.74, 6) is -1.12. The zero-order valence-corrected chi connectivity index (χ0v) is 11.6. The first-order valence-electron chi connectivity index (χ1n) is 6.11. The van der Waals surface area contributed by atoms with Gasteiger partial charge in [-0.05, 0) is 18.2 Å². The fourth-order valence-corrected chi connectivity index (χ4v) is 1.94. The lowest BCUT2D eigenvalue weighted by Crippen LogP contribution is -2.30. The average Bonchev–Trinajstić information content (AvgIpc) is 2.91. The van der Waals surface area contributed by atoms with Gasteiger partial charge in [-0.15, -0.1) is 0 Å². The number of carboxylic acids is 1. The number of imidazole rings is 1. The molecule has 0 spiro atoms. The Labute approximate surface area is 125 Å². The monoisotopic (exact) mass is 308 g/mol. The normalized spacial score (nSPS) is 10.1. The number of nitrogens with zero attached hydrogens (tertiary/aromatic N) is 1. The summed E-state index contributed by atoms with van der Waals surface area (Å²) in [4.78, 5) is 29.3. The highest BCUT2D eigenvalue weighted by atomic mass is 35.5. The number of aromatic amines is 1. The Bertz CT molecular complexity index is 643. The largest absolute Gasteiger partial charge is 0.478 e. The number of rotatable bonds is 5. The maximum absolute atomic E-state index is 11.7. The minimum atomic E-state index is -1.12. The fraction of sp³-hybridized carbons (Fsp3) is 0.154. The van der Waals surface area contributed by atoms with E-state index in [-0.39, 0.29) is 10.6 Å². The molecular weight excluding hydrogens is 296 g/mol. The van der Waals surface area contributed by atoms with Crippen LogP contribution in [-0.2, 0) is 6.42 Å². The smallest absolute Gasteiger partial charge is 0.337 e. The van der Waals surface area contributed by atoms with Crippen LogP contribution in [0.3, 0.4) is 0 Å². The summed E-state index contributed by atoms with van der Waals surface area (Å²) in [6.07, 6.45) is 3.89. The van der Waals surface area contributed by atoms with Gasteiger partial charge in [0.1, 0.15) is 0 Å². The van der Waals surface area contributed by atoms with Gasteiger partial charge in [-0.3, -0.25) is 0 Å². The predicted molar refractivity (Wildman–Crippen MR) is 77.7 cm³/mol. The molecule has 1 aromatic heterocycles. The van der Waals surface area contributed by atoms with Gasteiger partial charge in [-0.25, -0.2) is 14.6 Å². The molecule has 0 saturated heterocycles. The Morgan fingerprint density at radius 3 is 2.81 bits per heavy atom. The minimum Gasteiger partial charge on any atom is -0.478 e. The molecule has 0 aliphatic heterocycles. The van der Waals surface area contributed by atoms with Crippen LogP contribution in [-0.4, -0.2) is 33.6 Å². The number of amides is 2. The second-order valence-electron chi connectivity index (χ2n) is 4.21. The Hall–Kier alpha value is -2.54. The molecule has 2 amide bonds. The van der Waals surface area contributed by atoms with Crippen molar-refractivity contribution in [3.63, 3.8) is 0 Å². The van der Waals surface area contributed by atoms with E-state index >= 15 is 0 Å². The molecule has 1 aromatic carbocycles. The molecule has 0 saturated carbocycles. The maximum atomic E-state index is 11.7. The maximum Gasteiger partial charge on any atom is 0.337 e. The van der Waals surface area contributed by atoms with E-state index in [9.17, 15) is 9.59 Å². The van der Waals surface area contributed by atoms with Crippen LogP contribution in [0, 0.1) is 0 Å². The summed E-state index contributed by atoms with van der Waals surface area (Å²) in [7, 11) is 0. The third-order valence-corrected chi connectivity index (χ3v) is 3.00. The van der Waals surface area contributed by atoms with Gasteiger partial charge in [0.25, 0.3) is 0 Å². The van der Waals surface area contributed by atoms with Gasteiger partial charge in [0.2, 0.25) is 0 Å². The number of anilines is 1. The number of halogens is 1. The van der Waals surface area contributed by atoms with E-state index in [1.54, 1.807) is 12.5 Å². The van der Waals surface area contributed by atoms with Gasteiger partial charge in [0, 0.05) is 30.5 Å². The van der Waals surface area contributed by atoms with E-state index in [1.165, 1.54) is 18.2 Å². The number of H-pyrrole nitrogens is 1. The number of carboxylic acid groups (broad SMARTS) is 1. The van der Waals surface area contributed by atoms with Crippen molar-refractivity contribution < 1.29 is 14.7 Å². The molecule has 0 fully saturated rings. The molecule has 7 nitrogen and oxygen atoms in total. The second-order valence-corrected chi connectivity index (χ2v) is 4.61. The van der Waals surface area contributed by atoms with Gasteiger partial charge in [-0.1, -0.05) is 11.6 Å². The first kappa shape index (κ1) is 14.9. The van der Waals surface area contributed by atoms with Crippen molar-refractivity contribution in [1.82, 2.24) is 15.3 Å². The number of carbonyl (C=O) groups excluding carboxylic acids is 1. The number of carbonyl (C=O) groups is 2. The number of benzene rings is 1. The first-order chi connectivity index (χ1) is 10.1. The van der Waals surface area contributed by atoms with Crippen molar-refractivity contribution in [2.75, 3.05) is 11.9 Å².